The molecule has 0 aliphatic heterocycles. The zero-order chi connectivity index (χ0) is 11.7. The average molecular weight is 230 g/mol. The maximum Gasteiger partial charge on any atom is 0.0960 e. The largest absolute Gasteiger partial charge is 0.381 e. The van der Waals surface area contributed by atoms with Gasteiger partial charge in [-0.25, -0.2) is 4.98 Å². The van der Waals surface area contributed by atoms with Crippen LogP contribution in [0, 0.1) is 0 Å². The first-order chi connectivity index (χ1) is 8.38. The molecule has 0 radical (unpaired) electrons. The van der Waals surface area contributed by atoms with Gasteiger partial charge in [-0.2, -0.15) is 0 Å². The number of ether oxygens (including phenoxy) is 1. The summed E-state index contributed by atoms with van der Waals surface area (Å²) in [6, 6.07) is 8.95. The van der Waals surface area contributed by atoms with Gasteiger partial charge in [0.1, 0.15) is 0 Å². The third-order valence-corrected chi connectivity index (χ3v) is 3.85. The molecule has 0 spiro atoms. The second-order valence-electron chi connectivity index (χ2n) is 4.81. The molecule has 1 saturated carbocycles. The van der Waals surface area contributed by atoms with Gasteiger partial charge in [0, 0.05) is 13.2 Å². The SMILES string of the molecule is COC1CCC(n2cnc3ccccc32)CC1. The molecule has 17 heavy (non-hydrogen) atoms. The highest BCUT2D eigenvalue weighted by molar-refractivity contribution is 5.75. The lowest BCUT2D eigenvalue weighted by Gasteiger charge is -2.28. The molecule has 1 aliphatic carbocycles. The van der Waals surface area contributed by atoms with Crippen LogP contribution in [-0.2, 0) is 4.74 Å². The molecule has 0 N–H and O–H groups in total. The summed E-state index contributed by atoms with van der Waals surface area (Å²) in [4.78, 5) is 4.46. The zero-order valence-electron chi connectivity index (χ0n) is 10.2. The fraction of sp³-hybridized carbons (Fsp3) is 0.500. The van der Waals surface area contributed by atoms with Gasteiger partial charge in [-0.1, -0.05) is 12.1 Å². The molecule has 1 aliphatic rings. The summed E-state index contributed by atoms with van der Waals surface area (Å²) in [5.74, 6) is 0. The maximum absolute atomic E-state index is 5.42. The Bertz CT molecular complexity index is 498. The van der Waals surface area contributed by atoms with Crippen molar-refractivity contribution in [3.63, 3.8) is 0 Å². The van der Waals surface area contributed by atoms with Gasteiger partial charge >= 0.3 is 0 Å². The Morgan fingerprint density at radius 2 is 1.94 bits per heavy atom. The van der Waals surface area contributed by atoms with Crippen LogP contribution in [0.5, 0.6) is 0 Å². The Hall–Kier alpha value is -1.35. The van der Waals surface area contributed by atoms with E-state index in [1.54, 1.807) is 0 Å². The first kappa shape index (κ1) is 10.8. The molecule has 1 aromatic heterocycles. The van der Waals surface area contributed by atoms with Gasteiger partial charge in [0.05, 0.1) is 23.5 Å². The van der Waals surface area contributed by atoms with E-state index in [9.17, 15) is 0 Å². The second kappa shape index (κ2) is 4.49. The van der Waals surface area contributed by atoms with Crippen molar-refractivity contribution in [2.24, 2.45) is 0 Å². The lowest BCUT2D eigenvalue weighted by molar-refractivity contribution is 0.0589. The number of benzene rings is 1. The molecule has 3 heteroatoms. The van der Waals surface area contributed by atoms with E-state index in [0.29, 0.717) is 12.1 Å². The fourth-order valence-electron chi connectivity index (χ4n) is 2.83. The zero-order valence-corrected chi connectivity index (χ0v) is 10.2. The van der Waals surface area contributed by atoms with Gasteiger partial charge in [0.2, 0.25) is 0 Å². The Morgan fingerprint density at radius 1 is 1.18 bits per heavy atom. The first-order valence-corrected chi connectivity index (χ1v) is 6.33. The number of hydrogen-bond donors (Lipinski definition) is 0. The van der Waals surface area contributed by atoms with Crippen molar-refractivity contribution >= 4 is 11.0 Å². The lowest BCUT2D eigenvalue weighted by atomic mass is 9.93. The molecule has 0 amide bonds. The number of imidazole rings is 1. The summed E-state index contributed by atoms with van der Waals surface area (Å²) in [6.45, 7) is 0. The average Bonchev–Trinajstić information content (AvgIpc) is 2.83. The molecule has 3 nitrogen and oxygen atoms in total. The normalized spacial score (nSPS) is 25.2. The summed E-state index contributed by atoms with van der Waals surface area (Å²) in [7, 11) is 1.82. The molecule has 0 unspecified atom stereocenters. The molecule has 1 fully saturated rings. The molecule has 1 aromatic carbocycles. The van der Waals surface area contributed by atoms with E-state index in [-0.39, 0.29) is 0 Å². The van der Waals surface area contributed by atoms with Crippen LogP contribution in [0.3, 0.4) is 0 Å². The summed E-state index contributed by atoms with van der Waals surface area (Å²) in [5, 5.41) is 0. The van der Waals surface area contributed by atoms with Gasteiger partial charge in [-0.05, 0) is 37.8 Å². The third kappa shape index (κ3) is 1.95. The molecular formula is C14H18N2O. The van der Waals surface area contributed by atoms with E-state index in [0.717, 1.165) is 18.4 Å². The van der Waals surface area contributed by atoms with Crippen molar-refractivity contribution in [1.29, 1.82) is 0 Å². The highest BCUT2D eigenvalue weighted by atomic mass is 16.5. The quantitative estimate of drug-likeness (QED) is 0.792. The number of fused-ring (bicyclic) bond motifs is 1. The Labute approximate surface area is 101 Å². The van der Waals surface area contributed by atoms with Crippen LogP contribution in [-0.4, -0.2) is 22.8 Å². The molecule has 3 rings (SSSR count). The van der Waals surface area contributed by atoms with E-state index in [4.69, 9.17) is 4.74 Å². The monoisotopic (exact) mass is 230 g/mol. The Kier molecular flexibility index (Phi) is 2.85. The van der Waals surface area contributed by atoms with Gasteiger partial charge < -0.3 is 9.30 Å². The van der Waals surface area contributed by atoms with Gasteiger partial charge in [-0.3, -0.25) is 0 Å². The van der Waals surface area contributed by atoms with Gasteiger partial charge in [0.15, 0.2) is 0 Å². The molecule has 0 bridgehead atoms. The predicted molar refractivity (Wildman–Crippen MR) is 68.0 cm³/mol. The highest BCUT2D eigenvalue weighted by Gasteiger charge is 2.22. The van der Waals surface area contributed by atoms with Gasteiger partial charge in [0.25, 0.3) is 0 Å². The van der Waals surface area contributed by atoms with Crippen molar-refractivity contribution < 1.29 is 4.74 Å². The van der Waals surface area contributed by atoms with Crippen molar-refractivity contribution in [2.45, 2.75) is 37.8 Å². The minimum atomic E-state index is 0.459. The summed E-state index contributed by atoms with van der Waals surface area (Å²) < 4.78 is 7.75. The predicted octanol–water partition coefficient (Wildman–Crippen LogP) is 3.17. The van der Waals surface area contributed by atoms with Crippen molar-refractivity contribution in [1.82, 2.24) is 9.55 Å². The molecular weight excluding hydrogens is 212 g/mol. The van der Waals surface area contributed by atoms with Crippen LogP contribution < -0.4 is 0 Å². The van der Waals surface area contributed by atoms with Crippen LogP contribution in [0.4, 0.5) is 0 Å². The number of aromatic nitrogens is 2. The number of nitrogens with zero attached hydrogens (tertiary/aromatic N) is 2. The summed E-state index contributed by atoms with van der Waals surface area (Å²) in [5.41, 5.74) is 2.36. The first-order valence-electron chi connectivity index (χ1n) is 6.33. The smallest absolute Gasteiger partial charge is 0.0960 e. The van der Waals surface area contributed by atoms with E-state index >= 15 is 0 Å². The summed E-state index contributed by atoms with van der Waals surface area (Å²) in [6.07, 6.45) is 7.16. The maximum atomic E-state index is 5.42. The summed E-state index contributed by atoms with van der Waals surface area (Å²) >= 11 is 0. The molecule has 0 saturated heterocycles. The third-order valence-electron chi connectivity index (χ3n) is 3.85. The van der Waals surface area contributed by atoms with Crippen molar-refractivity contribution in [3.8, 4) is 0 Å². The van der Waals surface area contributed by atoms with E-state index in [1.165, 1.54) is 18.4 Å². The number of methoxy groups -OCH3 is 1. The van der Waals surface area contributed by atoms with Crippen LogP contribution in [0.15, 0.2) is 30.6 Å². The minimum Gasteiger partial charge on any atom is -0.381 e. The fourth-order valence-corrected chi connectivity index (χ4v) is 2.83. The number of hydrogen-bond acceptors (Lipinski definition) is 2. The topological polar surface area (TPSA) is 27.1 Å². The Balaban J connectivity index is 1.85. The van der Waals surface area contributed by atoms with Crippen molar-refractivity contribution in [3.05, 3.63) is 30.6 Å². The van der Waals surface area contributed by atoms with E-state index < -0.39 is 0 Å². The highest BCUT2D eigenvalue weighted by Crippen LogP contribution is 2.31. The van der Waals surface area contributed by atoms with Crippen LogP contribution in [0.2, 0.25) is 0 Å². The second-order valence-corrected chi connectivity index (χ2v) is 4.81. The van der Waals surface area contributed by atoms with Crippen LogP contribution in [0.25, 0.3) is 11.0 Å². The van der Waals surface area contributed by atoms with E-state index in [2.05, 4.69) is 27.8 Å². The van der Waals surface area contributed by atoms with Crippen LogP contribution in [0.1, 0.15) is 31.7 Å². The molecule has 1 heterocycles. The molecule has 0 atom stereocenters. The van der Waals surface area contributed by atoms with Crippen molar-refractivity contribution in [2.75, 3.05) is 7.11 Å². The minimum absolute atomic E-state index is 0.459. The van der Waals surface area contributed by atoms with E-state index in [1.807, 2.05) is 19.5 Å². The molecule has 90 valence electrons. The lowest BCUT2D eigenvalue weighted by Crippen LogP contribution is -2.22. The van der Waals surface area contributed by atoms with Crippen LogP contribution >= 0.6 is 0 Å². The number of para-hydroxylation sites is 2. The molecule has 2 aromatic rings. The van der Waals surface area contributed by atoms with Gasteiger partial charge in [-0.15, -0.1) is 0 Å². The Morgan fingerprint density at radius 3 is 2.71 bits per heavy atom. The standard InChI is InChI=1S/C14H18N2O/c1-17-12-8-6-11(7-9-12)16-10-15-13-4-2-3-5-14(13)16/h2-5,10-12H,6-9H2,1H3. The number of rotatable bonds is 2.